The molecule has 0 saturated carbocycles. The number of anilines is 1. The second-order valence-electron chi connectivity index (χ2n) is 4.86. The van der Waals surface area contributed by atoms with Gasteiger partial charge < -0.3 is 5.32 Å². The van der Waals surface area contributed by atoms with Crippen LogP contribution in [0.5, 0.6) is 0 Å². The maximum atomic E-state index is 4.47. The lowest BCUT2D eigenvalue weighted by atomic mass is 10.1. The minimum Gasteiger partial charge on any atom is -0.379 e. The van der Waals surface area contributed by atoms with E-state index in [1.165, 1.54) is 22.5 Å². The Kier molecular flexibility index (Phi) is 4.30. The summed E-state index contributed by atoms with van der Waals surface area (Å²) in [6.07, 6.45) is 0. The van der Waals surface area contributed by atoms with E-state index in [2.05, 4.69) is 65.3 Å². The summed E-state index contributed by atoms with van der Waals surface area (Å²) in [6.45, 7) is 10.1. The van der Waals surface area contributed by atoms with Gasteiger partial charge in [0.1, 0.15) is 0 Å². The van der Waals surface area contributed by atoms with Gasteiger partial charge in [-0.1, -0.05) is 15.9 Å². The fourth-order valence-electron chi connectivity index (χ4n) is 2.38. The van der Waals surface area contributed by atoms with Gasteiger partial charge in [0.15, 0.2) is 0 Å². The minimum absolute atomic E-state index is 0.804. The highest BCUT2D eigenvalue weighted by Gasteiger charge is 2.07. The standard InChI is InChI=1S/C15H20BrN3/c1-5-19-14(8-12(4)18-19)9-17-15-10(2)6-13(16)7-11(15)3/h6-8,17H,5,9H2,1-4H3. The Morgan fingerprint density at radius 2 is 1.79 bits per heavy atom. The molecule has 2 aromatic rings. The molecule has 19 heavy (non-hydrogen) atoms. The van der Waals surface area contributed by atoms with Crippen molar-refractivity contribution >= 4 is 21.6 Å². The van der Waals surface area contributed by atoms with Crippen LogP contribution in [0.25, 0.3) is 0 Å². The van der Waals surface area contributed by atoms with Crippen molar-refractivity contribution in [1.82, 2.24) is 9.78 Å². The van der Waals surface area contributed by atoms with Crippen molar-refractivity contribution in [2.75, 3.05) is 5.32 Å². The highest BCUT2D eigenvalue weighted by Crippen LogP contribution is 2.25. The van der Waals surface area contributed by atoms with Gasteiger partial charge in [0.25, 0.3) is 0 Å². The molecule has 0 amide bonds. The van der Waals surface area contributed by atoms with E-state index in [1.54, 1.807) is 0 Å². The van der Waals surface area contributed by atoms with Crippen molar-refractivity contribution in [3.8, 4) is 0 Å². The lowest BCUT2D eigenvalue weighted by Crippen LogP contribution is -2.09. The van der Waals surface area contributed by atoms with Crippen molar-refractivity contribution in [2.24, 2.45) is 0 Å². The second-order valence-corrected chi connectivity index (χ2v) is 5.78. The SMILES string of the molecule is CCn1nc(C)cc1CNc1c(C)cc(Br)cc1C. The van der Waals surface area contributed by atoms with Crippen LogP contribution in [0, 0.1) is 20.8 Å². The van der Waals surface area contributed by atoms with Crippen LogP contribution in [0.4, 0.5) is 5.69 Å². The molecule has 2 rings (SSSR count). The molecule has 0 unspecified atom stereocenters. The van der Waals surface area contributed by atoms with E-state index in [9.17, 15) is 0 Å². The number of nitrogens with zero attached hydrogens (tertiary/aromatic N) is 2. The van der Waals surface area contributed by atoms with E-state index < -0.39 is 0 Å². The quantitative estimate of drug-likeness (QED) is 0.914. The lowest BCUT2D eigenvalue weighted by molar-refractivity contribution is 0.623. The smallest absolute Gasteiger partial charge is 0.0597 e. The van der Waals surface area contributed by atoms with E-state index in [1.807, 2.05) is 11.6 Å². The minimum atomic E-state index is 0.804. The van der Waals surface area contributed by atoms with Crippen LogP contribution in [0.3, 0.4) is 0 Å². The third-order valence-electron chi connectivity index (χ3n) is 3.23. The average Bonchev–Trinajstić information content (AvgIpc) is 2.68. The van der Waals surface area contributed by atoms with Gasteiger partial charge in [0.2, 0.25) is 0 Å². The van der Waals surface area contributed by atoms with Crippen molar-refractivity contribution in [3.63, 3.8) is 0 Å². The maximum absolute atomic E-state index is 4.47. The van der Waals surface area contributed by atoms with Crippen LogP contribution in [-0.4, -0.2) is 9.78 Å². The van der Waals surface area contributed by atoms with E-state index in [4.69, 9.17) is 0 Å². The van der Waals surface area contributed by atoms with Gasteiger partial charge in [-0.25, -0.2) is 0 Å². The second kappa shape index (κ2) is 5.78. The first kappa shape index (κ1) is 14.1. The molecule has 0 saturated heterocycles. The Morgan fingerprint density at radius 1 is 1.16 bits per heavy atom. The predicted molar refractivity (Wildman–Crippen MR) is 83.6 cm³/mol. The van der Waals surface area contributed by atoms with Gasteiger partial charge >= 0.3 is 0 Å². The Hall–Kier alpha value is -1.29. The maximum Gasteiger partial charge on any atom is 0.0597 e. The number of hydrogen-bond acceptors (Lipinski definition) is 2. The molecule has 1 aromatic carbocycles. The number of nitrogens with one attached hydrogen (secondary N) is 1. The third kappa shape index (κ3) is 3.18. The molecule has 1 aromatic heterocycles. The first-order chi connectivity index (χ1) is 9.01. The molecule has 3 nitrogen and oxygen atoms in total. The first-order valence-electron chi connectivity index (χ1n) is 6.55. The molecule has 0 bridgehead atoms. The zero-order chi connectivity index (χ0) is 14.0. The van der Waals surface area contributed by atoms with E-state index >= 15 is 0 Å². The van der Waals surface area contributed by atoms with Gasteiger partial charge in [0.05, 0.1) is 17.9 Å². The van der Waals surface area contributed by atoms with Gasteiger partial charge in [-0.3, -0.25) is 4.68 Å². The Morgan fingerprint density at radius 3 is 2.37 bits per heavy atom. The molecule has 0 fully saturated rings. The van der Waals surface area contributed by atoms with Crippen molar-refractivity contribution in [1.29, 1.82) is 0 Å². The Balaban J connectivity index is 2.19. The Labute approximate surface area is 123 Å². The molecule has 4 heteroatoms. The van der Waals surface area contributed by atoms with Crippen LogP contribution in [0.15, 0.2) is 22.7 Å². The Bertz CT molecular complexity index is 564. The van der Waals surface area contributed by atoms with Crippen molar-refractivity contribution in [2.45, 2.75) is 40.8 Å². The fraction of sp³-hybridized carbons (Fsp3) is 0.400. The summed E-state index contributed by atoms with van der Waals surface area (Å²) in [6, 6.07) is 6.41. The van der Waals surface area contributed by atoms with Gasteiger partial charge in [-0.2, -0.15) is 5.10 Å². The first-order valence-corrected chi connectivity index (χ1v) is 7.34. The average molecular weight is 322 g/mol. The third-order valence-corrected chi connectivity index (χ3v) is 3.69. The highest BCUT2D eigenvalue weighted by atomic mass is 79.9. The van der Waals surface area contributed by atoms with Crippen LogP contribution < -0.4 is 5.32 Å². The van der Waals surface area contributed by atoms with E-state index in [0.717, 1.165) is 23.3 Å². The van der Waals surface area contributed by atoms with Crippen LogP contribution in [0.2, 0.25) is 0 Å². The summed E-state index contributed by atoms with van der Waals surface area (Å²) >= 11 is 3.53. The van der Waals surface area contributed by atoms with Gasteiger partial charge in [-0.15, -0.1) is 0 Å². The number of rotatable bonds is 4. The zero-order valence-electron chi connectivity index (χ0n) is 11.9. The molecule has 0 radical (unpaired) electrons. The monoisotopic (exact) mass is 321 g/mol. The van der Waals surface area contributed by atoms with Crippen molar-refractivity contribution in [3.05, 3.63) is 45.2 Å². The number of hydrogen-bond donors (Lipinski definition) is 1. The summed E-state index contributed by atoms with van der Waals surface area (Å²) in [4.78, 5) is 0. The van der Waals surface area contributed by atoms with E-state index in [0.29, 0.717) is 0 Å². The number of aryl methyl sites for hydroxylation is 4. The van der Waals surface area contributed by atoms with Gasteiger partial charge in [0, 0.05) is 16.7 Å². The predicted octanol–water partition coefficient (Wildman–Crippen LogP) is 4.20. The molecule has 0 aliphatic heterocycles. The summed E-state index contributed by atoms with van der Waals surface area (Å²) in [5, 5.41) is 8.00. The molecule has 102 valence electrons. The fourth-order valence-corrected chi connectivity index (χ4v) is 3.07. The molecule has 0 spiro atoms. The molecule has 0 aliphatic carbocycles. The summed E-state index contributed by atoms with van der Waals surface area (Å²) in [7, 11) is 0. The molecular weight excluding hydrogens is 302 g/mol. The lowest BCUT2D eigenvalue weighted by Gasteiger charge is -2.14. The molecule has 0 aliphatic rings. The zero-order valence-corrected chi connectivity index (χ0v) is 13.5. The largest absolute Gasteiger partial charge is 0.379 e. The van der Waals surface area contributed by atoms with Crippen LogP contribution in [0.1, 0.15) is 29.4 Å². The molecule has 0 atom stereocenters. The highest BCUT2D eigenvalue weighted by molar-refractivity contribution is 9.10. The molecule has 1 heterocycles. The summed E-state index contributed by atoms with van der Waals surface area (Å²) in [5.74, 6) is 0. The van der Waals surface area contributed by atoms with Crippen molar-refractivity contribution < 1.29 is 0 Å². The van der Waals surface area contributed by atoms with Crippen LogP contribution in [-0.2, 0) is 13.1 Å². The normalized spacial score (nSPS) is 10.8. The summed E-state index contributed by atoms with van der Waals surface area (Å²) < 4.78 is 3.17. The number of aromatic nitrogens is 2. The number of benzene rings is 1. The summed E-state index contributed by atoms with van der Waals surface area (Å²) in [5.41, 5.74) is 6.02. The number of halogens is 1. The molecule has 1 N–H and O–H groups in total. The topological polar surface area (TPSA) is 29.9 Å². The molecular formula is C15H20BrN3. The van der Waals surface area contributed by atoms with E-state index in [-0.39, 0.29) is 0 Å². The van der Waals surface area contributed by atoms with Gasteiger partial charge in [-0.05, 0) is 57.0 Å². The van der Waals surface area contributed by atoms with Crippen LogP contribution >= 0.6 is 15.9 Å².